The molecule has 0 amide bonds. The first kappa shape index (κ1) is 16.9. The summed E-state index contributed by atoms with van der Waals surface area (Å²) in [6.07, 6.45) is 6.51. The molecule has 2 nitrogen and oxygen atoms in total. The maximum atomic E-state index is 6.51. The van der Waals surface area contributed by atoms with Gasteiger partial charge in [-0.25, -0.2) is 0 Å². The van der Waals surface area contributed by atoms with Crippen LogP contribution in [-0.4, -0.2) is 13.2 Å². The fraction of sp³-hybridized carbons (Fsp3) is 0.647. The van der Waals surface area contributed by atoms with Crippen molar-refractivity contribution >= 4 is 23.2 Å². The van der Waals surface area contributed by atoms with Crippen LogP contribution in [-0.2, 0) is 0 Å². The van der Waals surface area contributed by atoms with Crippen molar-refractivity contribution in [2.75, 3.05) is 13.2 Å². The summed E-state index contributed by atoms with van der Waals surface area (Å²) in [5, 5.41) is 5.00. The quantitative estimate of drug-likeness (QED) is 0.730. The first-order valence-corrected chi connectivity index (χ1v) is 8.78. The number of benzene rings is 1. The Labute approximate surface area is 138 Å². The first-order valence-electron chi connectivity index (χ1n) is 8.02. The van der Waals surface area contributed by atoms with Gasteiger partial charge in [-0.15, -0.1) is 0 Å². The van der Waals surface area contributed by atoms with Gasteiger partial charge in [0.05, 0.1) is 11.6 Å². The average Bonchev–Trinajstić information content (AvgIpc) is 2.50. The molecule has 0 spiro atoms. The minimum Gasteiger partial charge on any atom is -0.492 e. The lowest BCUT2D eigenvalue weighted by Gasteiger charge is -2.32. The highest BCUT2D eigenvalue weighted by atomic mass is 35.5. The summed E-state index contributed by atoms with van der Waals surface area (Å²) in [4.78, 5) is 0. The van der Waals surface area contributed by atoms with Gasteiger partial charge in [-0.3, -0.25) is 0 Å². The molecule has 1 aliphatic rings. The fourth-order valence-corrected chi connectivity index (χ4v) is 3.76. The van der Waals surface area contributed by atoms with Crippen LogP contribution in [0.2, 0.25) is 10.0 Å². The van der Waals surface area contributed by atoms with E-state index in [1.54, 1.807) is 0 Å². The molecule has 0 radical (unpaired) electrons. The van der Waals surface area contributed by atoms with Gasteiger partial charge in [0.15, 0.2) is 0 Å². The molecule has 118 valence electrons. The highest BCUT2D eigenvalue weighted by molar-refractivity contribution is 6.34. The maximum Gasteiger partial charge on any atom is 0.139 e. The number of ether oxygens (including phenoxy) is 1. The van der Waals surface area contributed by atoms with Crippen LogP contribution >= 0.6 is 23.2 Å². The molecule has 1 aromatic carbocycles. The van der Waals surface area contributed by atoms with E-state index in [1.807, 2.05) is 19.1 Å². The van der Waals surface area contributed by atoms with E-state index in [2.05, 4.69) is 12.2 Å². The molecule has 1 atom stereocenters. The van der Waals surface area contributed by atoms with Crippen molar-refractivity contribution < 1.29 is 4.74 Å². The van der Waals surface area contributed by atoms with Crippen LogP contribution in [0, 0.1) is 5.92 Å². The van der Waals surface area contributed by atoms with Crippen LogP contribution in [0.3, 0.4) is 0 Å². The second-order valence-electron chi connectivity index (χ2n) is 5.67. The monoisotopic (exact) mass is 329 g/mol. The van der Waals surface area contributed by atoms with Gasteiger partial charge >= 0.3 is 0 Å². The zero-order valence-electron chi connectivity index (χ0n) is 12.9. The molecule has 1 N–H and O–H groups in total. The zero-order valence-corrected chi connectivity index (χ0v) is 14.4. The predicted molar refractivity (Wildman–Crippen MR) is 90.6 cm³/mol. The minimum atomic E-state index is 0.288. The molecule has 1 fully saturated rings. The van der Waals surface area contributed by atoms with E-state index < -0.39 is 0 Å². The molecule has 0 heterocycles. The Morgan fingerprint density at radius 1 is 1.14 bits per heavy atom. The number of rotatable bonds is 6. The Bertz CT molecular complexity index is 458. The molecule has 1 saturated carbocycles. The van der Waals surface area contributed by atoms with Crippen LogP contribution in [0.5, 0.6) is 5.75 Å². The van der Waals surface area contributed by atoms with Crippen molar-refractivity contribution in [3.63, 3.8) is 0 Å². The Hall–Kier alpha value is -0.440. The van der Waals surface area contributed by atoms with Crippen LogP contribution < -0.4 is 10.1 Å². The summed E-state index contributed by atoms with van der Waals surface area (Å²) >= 11 is 12.9. The third-order valence-corrected chi connectivity index (χ3v) is 4.85. The predicted octanol–water partition coefficient (Wildman–Crippen LogP) is 5.62. The van der Waals surface area contributed by atoms with Crippen LogP contribution in [0.15, 0.2) is 12.1 Å². The molecule has 2 rings (SSSR count). The van der Waals surface area contributed by atoms with Gasteiger partial charge in [0, 0.05) is 17.1 Å². The Kier molecular flexibility index (Phi) is 6.66. The first-order chi connectivity index (χ1) is 10.2. The molecule has 0 bridgehead atoms. The lowest BCUT2D eigenvalue weighted by atomic mass is 9.81. The number of nitrogens with one attached hydrogen (secondary N) is 1. The normalized spacial score (nSPS) is 17.7. The summed E-state index contributed by atoms with van der Waals surface area (Å²) in [7, 11) is 0. The van der Waals surface area contributed by atoms with Gasteiger partial charge in [0.2, 0.25) is 0 Å². The number of halogens is 2. The number of hydrogen-bond donors (Lipinski definition) is 1. The minimum absolute atomic E-state index is 0.288. The molecule has 0 aliphatic heterocycles. The van der Waals surface area contributed by atoms with Gasteiger partial charge < -0.3 is 10.1 Å². The van der Waals surface area contributed by atoms with Crippen molar-refractivity contribution in [2.24, 2.45) is 5.92 Å². The van der Waals surface area contributed by atoms with Crippen molar-refractivity contribution in [1.29, 1.82) is 0 Å². The van der Waals surface area contributed by atoms with Gasteiger partial charge in [-0.2, -0.15) is 0 Å². The number of hydrogen-bond acceptors (Lipinski definition) is 2. The standard InChI is InChI=1S/C17H25Cl2NO/c1-3-20-17(12-8-6-5-7-9-12)13-10-15(19)16(21-4-2)11-14(13)18/h10-12,17,20H,3-9H2,1-2H3. The van der Waals surface area contributed by atoms with Crippen molar-refractivity contribution in [2.45, 2.75) is 52.0 Å². The van der Waals surface area contributed by atoms with Crippen molar-refractivity contribution in [3.05, 3.63) is 27.7 Å². The van der Waals surface area contributed by atoms with Crippen molar-refractivity contribution in [1.82, 2.24) is 5.32 Å². The largest absolute Gasteiger partial charge is 0.492 e. The summed E-state index contributed by atoms with van der Waals surface area (Å²) < 4.78 is 5.52. The van der Waals surface area contributed by atoms with Gasteiger partial charge in [-0.1, -0.05) is 49.4 Å². The highest BCUT2D eigenvalue weighted by Gasteiger charge is 2.26. The lowest BCUT2D eigenvalue weighted by molar-refractivity contribution is 0.274. The van der Waals surface area contributed by atoms with E-state index in [0.29, 0.717) is 23.3 Å². The van der Waals surface area contributed by atoms with Gasteiger partial charge in [0.25, 0.3) is 0 Å². The van der Waals surface area contributed by atoms with Crippen molar-refractivity contribution in [3.8, 4) is 5.75 Å². The molecule has 1 unspecified atom stereocenters. The van der Waals surface area contributed by atoms with Crippen LogP contribution in [0.4, 0.5) is 0 Å². The second kappa shape index (κ2) is 8.26. The summed E-state index contributed by atoms with van der Waals surface area (Å²) in [6, 6.07) is 4.13. The lowest BCUT2D eigenvalue weighted by Crippen LogP contribution is -2.30. The Morgan fingerprint density at radius 3 is 2.48 bits per heavy atom. The molecule has 0 aromatic heterocycles. The second-order valence-corrected chi connectivity index (χ2v) is 6.48. The third-order valence-electron chi connectivity index (χ3n) is 4.23. The Morgan fingerprint density at radius 2 is 1.86 bits per heavy atom. The zero-order chi connectivity index (χ0) is 15.2. The Balaban J connectivity index is 2.28. The molecule has 21 heavy (non-hydrogen) atoms. The highest BCUT2D eigenvalue weighted by Crippen LogP contribution is 2.40. The third kappa shape index (κ3) is 4.28. The van der Waals surface area contributed by atoms with E-state index in [4.69, 9.17) is 27.9 Å². The SMILES string of the molecule is CCNC(c1cc(Cl)c(OCC)cc1Cl)C1CCCCC1. The summed E-state index contributed by atoms with van der Waals surface area (Å²) in [6.45, 7) is 5.61. The molecule has 4 heteroatoms. The molecular weight excluding hydrogens is 305 g/mol. The van der Waals surface area contributed by atoms with Gasteiger partial charge in [-0.05, 0) is 43.9 Å². The van der Waals surface area contributed by atoms with Crippen LogP contribution in [0.1, 0.15) is 57.6 Å². The van der Waals surface area contributed by atoms with Crippen LogP contribution in [0.25, 0.3) is 0 Å². The van der Waals surface area contributed by atoms with E-state index in [0.717, 1.165) is 17.1 Å². The summed E-state index contributed by atoms with van der Waals surface area (Å²) in [5.41, 5.74) is 1.11. The average molecular weight is 330 g/mol. The maximum absolute atomic E-state index is 6.51. The van der Waals surface area contributed by atoms with E-state index >= 15 is 0 Å². The van der Waals surface area contributed by atoms with E-state index in [9.17, 15) is 0 Å². The summed E-state index contributed by atoms with van der Waals surface area (Å²) in [5.74, 6) is 1.32. The van der Waals surface area contributed by atoms with Gasteiger partial charge in [0.1, 0.15) is 5.75 Å². The molecule has 0 saturated heterocycles. The molecular formula is C17H25Cl2NO. The smallest absolute Gasteiger partial charge is 0.139 e. The van der Waals surface area contributed by atoms with E-state index in [1.165, 1.54) is 32.1 Å². The fourth-order valence-electron chi connectivity index (χ4n) is 3.27. The molecule has 1 aromatic rings. The van der Waals surface area contributed by atoms with E-state index in [-0.39, 0.29) is 6.04 Å². The topological polar surface area (TPSA) is 21.3 Å². The molecule has 1 aliphatic carbocycles.